The molecule has 3 aromatic rings. The Balaban J connectivity index is 1.39. The molecule has 2 aromatic carbocycles. The van der Waals surface area contributed by atoms with Gasteiger partial charge in [-0.25, -0.2) is 14.4 Å². The zero-order chi connectivity index (χ0) is 24.9. The van der Waals surface area contributed by atoms with Crippen LogP contribution in [0.4, 0.5) is 10.3 Å². The number of carbonyl (C=O) groups excluding carboxylic acids is 2. The molecule has 0 aliphatic carbocycles. The standard InChI is InChI=1S/C24H25FN6O4/c1-35-20-7-6-19(32)15(21(20)25)10-13-2-4-14(5-3-13)22(33)29-17-11-27-12-18(17)30-23(34)16-8-9-28-24(26)31-16/h2-9,17-18,27,32H,10-12H2,1H3,(H,29,33)(H,30,34)(H2,26,28,31)/t17?,18-/m1/s1. The maximum Gasteiger partial charge on any atom is 0.270 e. The molecule has 2 heterocycles. The van der Waals surface area contributed by atoms with E-state index >= 15 is 0 Å². The fraction of sp³-hybridized carbons (Fsp3) is 0.250. The zero-order valence-electron chi connectivity index (χ0n) is 18.9. The molecule has 0 bridgehead atoms. The van der Waals surface area contributed by atoms with E-state index in [9.17, 15) is 19.1 Å². The minimum absolute atomic E-state index is 0.000140. The van der Waals surface area contributed by atoms with Gasteiger partial charge < -0.3 is 31.5 Å². The molecule has 182 valence electrons. The predicted octanol–water partition coefficient (Wildman–Crippen LogP) is 1.00. The number of carbonyl (C=O) groups is 2. The van der Waals surface area contributed by atoms with Gasteiger partial charge in [-0.05, 0) is 35.9 Å². The molecule has 1 unspecified atom stereocenters. The number of amides is 2. The number of anilines is 1. The van der Waals surface area contributed by atoms with E-state index in [1.807, 2.05) is 0 Å². The Morgan fingerprint density at radius 1 is 1.11 bits per heavy atom. The van der Waals surface area contributed by atoms with Gasteiger partial charge in [-0.2, -0.15) is 0 Å². The van der Waals surface area contributed by atoms with Crippen LogP contribution in [0.15, 0.2) is 48.7 Å². The first kappa shape index (κ1) is 23.9. The number of ether oxygens (including phenoxy) is 1. The number of methoxy groups -OCH3 is 1. The molecule has 1 aromatic heterocycles. The number of hydrogen-bond donors (Lipinski definition) is 5. The molecule has 0 spiro atoms. The number of nitrogens with one attached hydrogen (secondary N) is 3. The summed E-state index contributed by atoms with van der Waals surface area (Å²) in [6.07, 6.45) is 1.53. The number of nitrogen functional groups attached to an aromatic ring is 1. The zero-order valence-corrected chi connectivity index (χ0v) is 18.9. The summed E-state index contributed by atoms with van der Waals surface area (Å²) in [5.74, 6) is -1.48. The van der Waals surface area contributed by atoms with E-state index in [0.29, 0.717) is 24.2 Å². The smallest absolute Gasteiger partial charge is 0.270 e. The van der Waals surface area contributed by atoms with Crippen molar-refractivity contribution in [1.29, 1.82) is 0 Å². The molecule has 6 N–H and O–H groups in total. The molecule has 2 amide bonds. The molecule has 1 fully saturated rings. The first-order valence-corrected chi connectivity index (χ1v) is 10.9. The number of aromatic nitrogens is 2. The van der Waals surface area contributed by atoms with Crippen LogP contribution in [0, 0.1) is 5.82 Å². The molecular weight excluding hydrogens is 455 g/mol. The van der Waals surface area contributed by atoms with E-state index in [2.05, 4.69) is 25.9 Å². The number of phenols is 1. The monoisotopic (exact) mass is 480 g/mol. The van der Waals surface area contributed by atoms with Crippen LogP contribution in [0.3, 0.4) is 0 Å². The molecule has 1 aliphatic rings. The average Bonchev–Trinajstić information content (AvgIpc) is 3.28. The van der Waals surface area contributed by atoms with Crippen LogP contribution in [0.2, 0.25) is 0 Å². The molecule has 35 heavy (non-hydrogen) atoms. The lowest BCUT2D eigenvalue weighted by Crippen LogP contribution is -2.51. The Labute approximate surface area is 200 Å². The van der Waals surface area contributed by atoms with Crippen LogP contribution < -0.4 is 26.4 Å². The van der Waals surface area contributed by atoms with Crippen molar-refractivity contribution < 1.29 is 23.8 Å². The van der Waals surface area contributed by atoms with Crippen molar-refractivity contribution in [2.24, 2.45) is 0 Å². The number of aromatic hydroxyl groups is 1. The van der Waals surface area contributed by atoms with Gasteiger partial charge in [0, 0.05) is 36.8 Å². The molecule has 10 nitrogen and oxygen atoms in total. The highest BCUT2D eigenvalue weighted by Crippen LogP contribution is 2.30. The van der Waals surface area contributed by atoms with Crippen molar-refractivity contribution in [3.05, 3.63) is 76.9 Å². The largest absolute Gasteiger partial charge is 0.508 e. The quantitative estimate of drug-likeness (QED) is 0.336. The summed E-state index contributed by atoms with van der Waals surface area (Å²) in [6.45, 7) is 0.959. The molecule has 0 saturated carbocycles. The second kappa shape index (κ2) is 10.3. The average molecular weight is 481 g/mol. The number of phenolic OH excluding ortho intramolecular Hbond substituents is 1. The maximum absolute atomic E-state index is 14.5. The van der Waals surface area contributed by atoms with Gasteiger partial charge in [0.25, 0.3) is 11.8 Å². The minimum Gasteiger partial charge on any atom is -0.508 e. The third kappa shape index (κ3) is 5.46. The van der Waals surface area contributed by atoms with Gasteiger partial charge in [0.1, 0.15) is 11.4 Å². The van der Waals surface area contributed by atoms with Crippen LogP contribution in [-0.4, -0.2) is 59.2 Å². The fourth-order valence-corrected chi connectivity index (χ4v) is 3.87. The second-order valence-electron chi connectivity index (χ2n) is 8.07. The molecule has 2 atom stereocenters. The summed E-state index contributed by atoms with van der Waals surface area (Å²) in [5.41, 5.74) is 6.91. The van der Waals surface area contributed by atoms with Gasteiger partial charge in [0.2, 0.25) is 5.95 Å². The number of halogens is 1. The fourth-order valence-electron chi connectivity index (χ4n) is 3.87. The van der Waals surface area contributed by atoms with Crippen LogP contribution in [0.25, 0.3) is 0 Å². The highest BCUT2D eigenvalue weighted by atomic mass is 19.1. The van der Waals surface area contributed by atoms with E-state index in [-0.39, 0.29) is 53.1 Å². The lowest BCUT2D eigenvalue weighted by Gasteiger charge is -2.21. The Morgan fingerprint density at radius 2 is 1.80 bits per heavy atom. The van der Waals surface area contributed by atoms with E-state index in [0.717, 1.165) is 0 Å². The number of hydrogen-bond acceptors (Lipinski definition) is 8. The predicted molar refractivity (Wildman–Crippen MR) is 126 cm³/mol. The lowest BCUT2D eigenvalue weighted by molar-refractivity contribution is 0.0894. The Hall–Kier alpha value is -4.25. The number of nitrogens with zero attached hydrogens (tertiary/aromatic N) is 2. The Kier molecular flexibility index (Phi) is 7.06. The number of nitrogens with two attached hydrogens (primary N) is 1. The van der Waals surface area contributed by atoms with Gasteiger partial charge in [-0.1, -0.05) is 12.1 Å². The molecule has 1 saturated heterocycles. The van der Waals surface area contributed by atoms with Gasteiger partial charge >= 0.3 is 0 Å². The topological polar surface area (TPSA) is 151 Å². The molecule has 11 heteroatoms. The van der Waals surface area contributed by atoms with E-state index < -0.39 is 11.7 Å². The Bertz CT molecular complexity index is 1240. The SMILES string of the molecule is COc1ccc(O)c(Cc2ccc(C(=O)NC3CNC[C@H]3NC(=O)c3ccnc(N)n3)cc2)c1F. The summed E-state index contributed by atoms with van der Waals surface area (Å²) in [7, 11) is 1.36. The minimum atomic E-state index is -0.624. The van der Waals surface area contributed by atoms with Crippen LogP contribution >= 0.6 is 0 Å². The van der Waals surface area contributed by atoms with Gasteiger partial charge in [0.15, 0.2) is 11.6 Å². The summed E-state index contributed by atoms with van der Waals surface area (Å²) in [4.78, 5) is 33.0. The summed E-state index contributed by atoms with van der Waals surface area (Å²) in [5, 5.41) is 19.0. The summed E-state index contributed by atoms with van der Waals surface area (Å²) < 4.78 is 19.5. The molecule has 0 radical (unpaired) electrons. The first-order chi connectivity index (χ1) is 16.9. The van der Waals surface area contributed by atoms with Crippen molar-refractivity contribution in [2.75, 3.05) is 25.9 Å². The third-order valence-electron chi connectivity index (χ3n) is 5.75. The Morgan fingerprint density at radius 3 is 2.46 bits per heavy atom. The van der Waals surface area contributed by atoms with Crippen molar-refractivity contribution in [1.82, 2.24) is 25.9 Å². The van der Waals surface area contributed by atoms with Crippen LogP contribution in [0.1, 0.15) is 32.0 Å². The van der Waals surface area contributed by atoms with E-state index in [1.165, 1.54) is 31.5 Å². The number of rotatable bonds is 7. The summed E-state index contributed by atoms with van der Waals surface area (Å²) in [6, 6.07) is 10.1. The molecule has 4 rings (SSSR count). The van der Waals surface area contributed by atoms with E-state index in [1.54, 1.807) is 24.3 Å². The van der Waals surface area contributed by atoms with Crippen molar-refractivity contribution in [3.8, 4) is 11.5 Å². The van der Waals surface area contributed by atoms with Crippen molar-refractivity contribution in [3.63, 3.8) is 0 Å². The van der Waals surface area contributed by atoms with Crippen LogP contribution in [0.5, 0.6) is 11.5 Å². The van der Waals surface area contributed by atoms with Crippen molar-refractivity contribution >= 4 is 17.8 Å². The lowest BCUT2D eigenvalue weighted by atomic mass is 10.0. The van der Waals surface area contributed by atoms with Crippen molar-refractivity contribution in [2.45, 2.75) is 18.5 Å². The first-order valence-electron chi connectivity index (χ1n) is 10.9. The van der Waals surface area contributed by atoms with Gasteiger partial charge in [-0.15, -0.1) is 0 Å². The molecular formula is C24H25FN6O4. The van der Waals surface area contributed by atoms with Gasteiger partial charge in [-0.3, -0.25) is 9.59 Å². The van der Waals surface area contributed by atoms with Gasteiger partial charge in [0.05, 0.1) is 19.2 Å². The summed E-state index contributed by atoms with van der Waals surface area (Å²) >= 11 is 0. The normalized spacial score (nSPS) is 17.1. The number of benzene rings is 2. The third-order valence-corrected chi connectivity index (χ3v) is 5.75. The highest BCUT2D eigenvalue weighted by Gasteiger charge is 2.30. The highest BCUT2D eigenvalue weighted by molar-refractivity contribution is 5.95. The molecule has 1 aliphatic heterocycles. The van der Waals surface area contributed by atoms with E-state index in [4.69, 9.17) is 10.5 Å². The van der Waals surface area contributed by atoms with Crippen LogP contribution in [-0.2, 0) is 6.42 Å². The maximum atomic E-state index is 14.5. The second-order valence-corrected chi connectivity index (χ2v) is 8.07.